The number of hydrogen-bond donors (Lipinski definition) is 1. The minimum Gasteiger partial charge on any atom is -0.350 e. The number of nitrogens with zero attached hydrogens (tertiary/aromatic N) is 4. The number of hydrogen-bond acceptors (Lipinski definition) is 4. The van der Waals surface area contributed by atoms with E-state index in [1.165, 1.54) is 10.6 Å². The van der Waals surface area contributed by atoms with E-state index >= 15 is 0 Å². The number of rotatable bonds is 6. The Labute approximate surface area is 177 Å². The number of carbonyl (C=O) groups excluding carboxylic acids is 2. The first-order valence-corrected chi connectivity index (χ1v) is 9.95. The van der Waals surface area contributed by atoms with Gasteiger partial charge in [0, 0.05) is 31.7 Å². The predicted octanol–water partition coefficient (Wildman–Crippen LogP) is 1.46. The first-order chi connectivity index (χ1) is 14.9. The standard InChI is InChI=1S/C22H22FN5O3/c1-15-5-4-6-16(11-15)13-26-9-10-27-20(21(26)30)25-28(22(27)31)14-19(29)24-12-17-7-2-3-8-18(17)23/h2-8,11H,9-10,12-14H2,1H3,(H,24,29). The second-order valence-electron chi connectivity index (χ2n) is 7.50. The highest BCUT2D eigenvalue weighted by Gasteiger charge is 2.30. The Hall–Kier alpha value is -3.75. The van der Waals surface area contributed by atoms with E-state index in [2.05, 4.69) is 10.4 Å². The summed E-state index contributed by atoms with van der Waals surface area (Å²) in [5.41, 5.74) is 1.93. The molecule has 1 aliphatic rings. The van der Waals surface area contributed by atoms with E-state index in [9.17, 15) is 18.8 Å². The summed E-state index contributed by atoms with van der Waals surface area (Å²) in [6.45, 7) is 2.74. The molecule has 1 aromatic heterocycles. The van der Waals surface area contributed by atoms with Crippen molar-refractivity contribution in [2.75, 3.05) is 6.54 Å². The smallest absolute Gasteiger partial charge is 0.346 e. The Balaban J connectivity index is 1.44. The number of halogens is 1. The third kappa shape index (κ3) is 4.40. The summed E-state index contributed by atoms with van der Waals surface area (Å²) in [6, 6.07) is 14.0. The molecule has 1 aliphatic heterocycles. The van der Waals surface area contributed by atoms with E-state index in [1.54, 1.807) is 23.1 Å². The molecule has 0 unspecified atom stereocenters. The van der Waals surface area contributed by atoms with Crippen molar-refractivity contribution >= 4 is 11.8 Å². The van der Waals surface area contributed by atoms with Crippen LogP contribution in [0.25, 0.3) is 0 Å². The lowest BCUT2D eigenvalue weighted by Gasteiger charge is -2.26. The third-order valence-corrected chi connectivity index (χ3v) is 5.18. The van der Waals surface area contributed by atoms with E-state index in [-0.39, 0.29) is 24.8 Å². The number of aryl methyl sites for hydroxylation is 1. The molecule has 2 amide bonds. The molecule has 2 heterocycles. The van der Waals surface area contributed by atoms with Crippen LogP contribution in [0.3, 0.4) is 0 Å². The van der Waals surface area contributed by atoms with Crippen molar-refractivity contribution < 1.29 is 14.0 Å². The Bertz CT molecular complexity index is 1200. The highest BCUT2D eigenvalue weighted by molar-refractivity contribution is 5.91. The quantitative estimate of drug-likeness (QED) is 0.650. The molecule has 0 saturated heterocycles. The van der Waals surface area contributed by atoms with Crippen LogP contribution in [-0.4, -0.2) is 37.6 Å². The largest absolute Gasteiger partial charge is 0.350 e. The molecule has 8 nitrogen and oxygen atoms in total. The van der Waals surface area contributed by atoms with Crippen LogP contribution in [0, 0.1) is 12.7 Å². The van der Waals surface area contributed by atoms with Crippen molar-refractivity contribution in [2.24, 2.45) is 0 Å². The highest BCUT2D eigenvalue weighted by Crippen LogP contribution is 2.14. The molecule has 160 valence electrons. The fraction of sp³-hybridized carbons (Fsp3) is 0.273. The van der Waals surface area contributed by atoms with Gasteiger partial charge in [0.2, 0.25) is 11.7 Å². The van der Waals surface area contributed by atoms with E-state index in [1.807, 2.05) is 31.2 Å². The lowest BCUT2D eigenvalue weighted by molar-refractivity contribution is -0.122. The molecular formula is C22H22FN5O3. The normalized spacial score (nSPS) is 13.2. The summed E-state index contributed by atoms with van der Waals surface area (Å²) >= 11 is 0. The van der Waals surface area contributed by atoms with Crippen molar-refractivity contribution in [3.8, 4) is 0 Å². The first kappa shape index (κ1) is 20.5. The van der Waals surface area contributed by atoms with Gasteiger partial charge in [-0.3, -0.25) is 14.2 Å². The van der Waals surface area contributed by atoms with E-state index < -0.39 is 17.4 Å². The fourth-order valence-electron chi connectivity index (χ4n) is 3.58. The van der Waals surface area contributed by atoms with Gasteiger partial charge in [-0.25, -0.2) is 13.9 Å². The van der Waals surface area contributed by atoms with Gasteiger partial charge in [-0.15, -0.1) is 5.10 Å². The minimum atomic E-state index is -0.514. The zero-order valence-corrected chi connectivity index (χ0v) is 17.0. The molecule has 0 radical (unpaired) electrons. The van der Waals surface area contributed by atoms with Crippen LogP contribution < -0.4 is 11.0 Å². The van der Waals surface area contributed by atoms with Gasteiger partial charge in [0.05, 0.1) is 0 Å². The van der Waals surface area contributed by atoms with Crippen LogP contribution in [0.1, 0.15) is 27.3 Å². The van der Waals surface area contributed by atoms with E-state index in [4.69, 9.17) is 0 Å². The van der Waals surface area contributed by atoms with Gasteiger partial charge < -0.3 is 10.2 Å². The van der Waals surface area contributed by atoms with Gasteiger partial charge in [-0.05, 0) is 18.6 Å². The Morgan fingerprint density at radius 1 is 1.13 bits per heavy atom. The Kier molecular flexibility index (Phi) is 5.66. The number of aromatic nitrogens is 3. The highest BCUT2D eigenvalue weighted by atomic mass is 19.1. The van der Waals surface area contributed by atoms with E-state index in [0.717, 1.165) is 15.8 Å². The SMILES string of the molecule is Cc1cccc(CN2CCn3c(nn(CC(=O)NCc4ccccc4F)c3=O)C2=O)c1. The summed E-state index contributed by atoms with van der Waals surface area (Å²) in [5.74, 6) is -1.25. The average molecular weight is 423 g/mol. The Morgan fingerprint density at radius 3 is 2.71 bits per heavy atom. The maximum atomic E-state index is 13.7. The summed E-state index contributed by atoms with van der Waals surface area (Å²) in [5, 5.41) is 6.66. The minimum absolute atomic E-state index is 0.00295. The lowest BCUT2D eigenvalue weighted by atomic mass is 10.1. The van der Waals surface area contributed by atoms with Crippen molar-refractivity contribution in [3.05, 3.63) is 87.3 Å². The number of nitrogens with one attached hydrogen (secondary N) is 1. The molecule has 0 atom stereocenters. The third-order valence-electron chi connectivity index (χ3n) is 5.18. The van der Waals surface area contributed by atoms with Gasteiger partial charge in [0.25, 0.3) is 5.91 Å². The van der Waals surface area contributed by atoms with Crippen molar-refractivity contribution in [1.82, 2.24) is 24.6 Å². The number of amides is 2. The molecule has 0 aliphatic carbocycles. The predicted molar refractivity (Wildman–Crippen MR) is 111 cm³/mol. The van der Waals surface area contributed by atoms with Gasteiger partial charge >= 0.3 is 5.69 Å². The zero-order valence-electron chi connectivity index (χ0n) is 17.0. The topological polar surface area (TPSA) is 89.2 Å². The number of carbonyl (C=O) groups is 2. The maximum Gasteiger partial charge on any atom is 0.346 e. The molecule has 2 aromatic carbocycles. The molecule has 0 bridgehead atoms. The second kappa shape index (κ2) is 8.55. The van der Waals surface area contributed by atoms with Crippen molar-refractivity contribution in [1.29, 1.82) is 0 Å². The molecule has 4 rings (SSSR count). The van der Waals surface area contributed by atoms with E-state index in [0.29, 0.717) is 25.2 Å². The molecule has 31 heavy (non-hydrogen) atoms. The van der Waals surface area contributed by atoms with Crippen LogP contribution in [0.15, 0.2) is 53.3 Å². The van der Waals surface area contributed by atoms with Crippen LogP contribution >= 0.6 is 0 Å². The van der Waals surface area contributed by atoms with Gasteiger partial charge in [0.15, 0.2) is 0 Å². The Morgan fingerprint density at radius 2 is 1.94 bits per heavy atom. The molecule has 9 heteroatoms. The molecule has 3 aromatic rings. The van der Waals surface area contributed by atoms with Crippen molar-refractivity contribution in [2.45, 2.75) is 33.1 Å². The fourth-order valence-corrected chi connectivity index (χ4v) is 3.58. The van der Waals surface area contributed by atoms with Crippen LogP contribution in [0.5, 0.6) is 0 Å². The van der Waals surface area contributed by atoms with Gasteiger partial charge in [-0.2, -0.15) is 0 Å². The summed E-state index contributed by atoms with van der Waals surface area (Å²) in [4.78, 5) is 39.3. The van der Waals surface area contributed by atoms with Crippen molar-refractivity contribution in [3.63, 3.8) is 0 Å². The molecule has 1 N–H and O–H groups in total. The molecular weight excluding hydrogens is 401 g/mol. The summed E-state index contributed by atoms with van der Waals surface area (Å²) in [7, 11) is 0. The number of benzene rings is 2. The molecule has 0 fully saturated rings. The molecule has 0 spiro atoms. The van der Waals surface area contributed by atoms with Crippen LogP contribution in [0.4, 0.5) is 4.39 Å². The second-order valence-corrected chi connectivity index (χ2v) is 7.50. The summed E-state index contributed by atoms with van der Waals surface area (Å²) in [6.07, 6.45) is 0. The zero-order chi connectivity index (χ0) is 22.0. The molecule has 0 saturated carbocycles. The van der Waals surface area contributed by atoms with Crippen LogP contribution in [0.2, 0.25) is 0 Å². The monoisotopic (exact) mass is 423 g/mol. The van der Waals surface area contributed by atoms with Gasteiger partial charge in [-0.1, -0.05) is 48.0 Å². The van der Waals surface area contributed by atoms with Crippen LogP contribution in [-0.2, 0) is 31.0 Å². The summed E-state index contributed by atoms with van der Waals surface area (Å²) < 4.78 is 15.9. The first-order valence-electron chi connectivity index (χ1n) is 9.95. The van der Waals surface area contributed by atoms with Gasteiger partial charge in [0.1, 0.15) is 12.4 Å². The lowest BCUT2D eigenvalue weighted by Crippen LogP contribution is -2.42. The average Bonchev–Trinajstić information content (AvgIpc) is 3.06. The maximum absolute atomic E-state index is 13.7. The number of fused-ring (bicyclic) bond motifs is 1.